The third kappa shape index (κ3) is 5.24. The van der Waals surface area contributed by atoms with Gasteiger partial charge in [-0.2, -0.15) is 4.31 Å². The Morgan fingerprint density at radius 2 is 1.72 bits per heavy atom. The molecule has 174 valence electrons. The molecule has 1 aliphatic rings. The zero-order chi connectivity index (χ0) is 23.5. The van der Waals surface area contributed by atoms with Gasteiger partial charge in [-0.15, -0.1) is 0 Å². The van der Waals surface area contributed by atoms with E-state index < -0.39 is 14.9 Å². The van der Waals surface area contributed by atoms with E-state index in [4.69, 9.17) is 9.97 Å². The Morgan fingerprint density at radius 3 is 2.25 bits per heavy atom. The zero-order valence-electron chi connectivity index (χ0n) is 19.1. The van der Waals surface area contributed by atoms with E-state index in [1.165, 1.54) is 12.1 Å². The molecule has 2 aromatic rings. The van der Waals surface area contributed by atoms with Gasteiger partial charge in [-0.05, 0) is 25.8 Å². The summed E-state index contributed by atoms with van der Waals surface area (Å²) < 4.78 is 26.0. The fraction of sp³-hybridized carbons (Fsp3) is 0.545. The van der Waals surface area contributed by atoms with Crippen molar-refractivity contribution < 1.29 is 13.3 Å². The summed E-state index contributed by atoms with van der Waals surface area (Å²) in [7, 11) is -3.21. The number of non-ortho nitro benzene ring substituents is 1. The van der Waals surface area contributed by atoms with Crippen LogP contribution in [-0.2, 0) is 16.4 Å². The fourth-order valence-corrected chi connectivity index (χ4v) is 4.86. The molecule has 3 rings (SSSR count). The second-order valence-electron chi connectivity index (χ2n) is 8.17. The minimum atomic E-state index is -3.21. The predicted molar refractivity (Wildman–Crippen MR) is 125 cm³/mol. The Morgan fingerprint density at radius 1 is 1.09 bits per heavy atom. The van der Waals surface area contributed by atoms with E-state index >= 15 is 0 Å². The number of aromatic nitrogens is 2. The summed E-state index contributed by atoms with van der Waals surface area (Å²) in [5.41, 5.74) is 2.85. The molecule has 32 heavy (non-hydrogen) atoms. The van der Waals surface area contributed by atoms with Gasteiger partial charge in [0.25, 0.3) is 5.69 Å². The predicted octanol–water partition coefficient (Wildman–Crippen LogP) is 3.27. The number of nitrogens with zero attached hydrogens (tertiary/aromatic N) is 5. The highest BCUT2D eigenvalue weighted by atomic mass is 32.2. The van der Waals surface area contributed by atoms with Gasteiger partial charge in [0, 0.05) is 61.9 Å². The van der Waals surface area contributed by atoms with Crippen LogP contribution in [0.3, 0.4) is 0 Å². The van der Waals surface area contributed by atoms with Crippen molar-refractivity contribution in [3.63, 3.8) is 0 Å². The number of anilines is 1. The Kier molecular flexibility index (Phi) is 7.45. The zero-order valence-corrected chi connectivity index (χ0v) is 19.9. The third-order valence-electron chi connectivity index (χ3n) is 6.09. The van der Waals surface area contributed by atoms with Gasteiger partial charge >= 0.3 is 0 Å². The van der Waals surface area contributed by atoms with Gasteiger partial charge in [-0.1, -0.05) is 26.0 Å². The average Bonchev–Trinajstić information content (AvgIpc) is 2.80. The molecule has 0 aliphatic carbocycles. The third-order valence-corrected chi connectivity index (χ3v) is 7.97. The van der Waals surface area contributed by atoms with Crippen LogP contribution in [0.2, 0.25) is 0 Å². The second-order valence-corrected chi connectivity index (χ2v) is 10.4. The van der Waals surface area contributed by atoms with Crippen molar-refractivity contribution in [1.29, 1.82) is 0 Å². The highest BCUT2D eigenvalue weighted by Crippen LogP contribution is 2.28. The number of nitro benzene ring substituents is 1. The highest BCUT2D eigenvalue weighted by molar-refractivity contribution is 7.89. The van der Waals surface area contributed by atoms with E-state index in [1.54, 1.807) is 23.4 Å². The largest absolute Gasteiger partial charge is 0.354 e. The number of benzene rings is 1. The first-order chi connectivity index (χ1) is 15.2. The van der Waals surface area contributed by atoms with Crippen molar-refractivity contribution in [1.82, 2.24) is 14.3 Å². The molecule has 10 heteroatoms. The van der Waals surface area contributed by atoms with Crippen LogP contribution in [-0.4, -0.2) is 59.5 Å². The van der Waals surface area contributed by atoms with Crippen LogP contribution in [0.4, 0.5) is 11.5 Å². The molecule has 0 unspecified atom stereocenters. The SMILES string of the molecule is CC[C@@H](C)c1nc(C)c(Cc2ccc([N+](=O)[O-])cc2)c(N2CCN(S(=O)(=O)CC)CC2)n1. The minimum absolute atomic E-state index is 0.0577. The summed E-state index contributed by atoms with van der Waals surface area (Å²) in [4.78, 5) is 22.4. The van der Waals surface area contributed by atoms with Gasteiger partial charge in [0.1, 0.15) is 11.6 Å². The lowest BCUT2D eigenvalue weighted by molar-refractivity contribution is -0.384. The number of hydrogen-bond donors (Lipinski definition) is 0. The summed E-state index contributed by atoms with van der Waals surface area (Å²) in [6, 6.07) is 6.53. The Bertz CT molecular complexity index is 1060. The maximum absolute atomic E-state index is 12.3. The average molecular weight is 462 g/mol. The standard InChI is InChI=1S/C22H31N5O4S/c1-5-16(3)21-23-17(4)20(15-18-7-9-19(10-8-18)27(28)29)22(24-21)25-11-13-26(14-12-25)32(30,31)6-2/h7-10,16H,5-6,11-15H2,1-4H3/t16-/m1/s1. The molecule has 1 saturated heterocycles. The first-order valence-electron chi connectivity index (χ1n) is 11.0. The molecule has 1 fully saturated rings. The molecule has 0 saturated carbocycles. The summed E-state index contributed by atoms with van der Waals surface area (Å²) in [6.45, 7) is 9.80. The molecule has 0 spiro atoms. The summed E-state index contributed by atoms with van der Waals surface area (Å²) in [5.74, 6) is 1.93. The van der Waals surface area contributed by atoms with Crippen molar-refractivity contribution in [3.05, 3.63) is 57.0 Å². The first-order valence-corrected chi connectivity index (χ1v) is 12.6. The lowest BCUT2D eigenvalue weighted by atomic mass is 10.0. The van der Waals surface area contributed by atoms with E-state index in [0.717, 1.165) is 34.9 Å². The Labute approximate surface area is 189 Å². The van der Waals surface area contributed by atoms with Crippen molar-refractivity contribution >= 4 is 21.5 Å². The second kappa shape index (κ2) is 9.91. The summed E-state index contributed by atoms with van der Waals surface area (Å²) in [5, 5.41) is 11.0. The quantitative estimate of drug-likeness (QED) is 0.438. The fourth-order valence-electron chi connectivity index (χ4n) is 3.77. The summed E-state index contributed by atoms with van der Waals surface area (Å²) >= 11 is 0. The molecule has 1 aromatic carbocycles. The number of rotatable bonds is 8. The van der Waals surface area contributed by atoms with Gasteiger partial charge in [0.15, 0.2) is 0 Å². The van der Waals surface area contributed by atoms with Crippen LogP contribution in [0.1, 0.15) is 55.8 Å². The van der Waals surface area contributed by atoms with E-state index in [0.29, 0.717) is 32.6 Å². The molecule has 0 bridgehead atoms. The molecule has 1 atom stereocenters. The highest BCUT2D eigenvalue weighted by Gasteiger charge is 2.28. The molecule has 2 heterocycles. The van der Waals surface area contributed by atoms with Crippen LogP contribution in [0.25, 0.3) is 0 Å². The number of aryl methyl sites for hydroxylation is 1. The van der Waals surface area contributed by atoms with Crippen LogP contribution < -0.4 is 4.90 Å². The topological polar surface area (TPSA) is 110 Å². The number of hydrogen-bond acceptors (Lipinski definition) is 7. The van der Waals surface area contributed by atoms with Crippen molar-refractivity contribution in [2.45, 2.75) is 46.5 Å². The molecular formula is C22H31N5O4S. The van der Waals surface area contributed by atoms with Gasteiger partial charge in [-0.25, -0.2) is 18.4 Å². The number of nitro groups is 1. The molecule has 0 radical (unpaired) electrons. The lowest BCUT2D eigenvalue weighted by Crippen LogP contribution is -2.49. The molecular weight excluding hydrogens is 430 g/mol. The van der Waals surface area contributed by atoms with Crippen LogP contribution in [0.5, 0.6) is 0 Å². The Balaban J connectivity index is 1.94. The van der Waals surface area contributed by atoms with E-state index in [2.05, 4.69) is 18.7 Å². The van der Waals surface area contributed by atoms with Crippen molar-refractivity contribution in [3.8, 4) is 0 Å². The normalized spacial score (nSPS) is 16.2. The molecule has 1 aliphatic heterocycles. The number of sulfonamides is 1. The van der Waals surface area contributed by atoms with Gasteiger partial charge in [0.2, 0.25) is 10.0 Å². The summed E-state index contributed by atoms with van der Waals surface area (Å²) in [6.07, 6.45) is 1.47. The molecule has 0 amide bonds. The van der Waals surface area contributed by atoms with E-state index in [9.17, 15) is 18.5 Å². The van der Waals surface area contributed by atoms with Crippen LogP contribution >= 0.6 is 0 Å². The maximum atomic E-state index is 12.3. The van der Waals surface area contributed by atoms with Gasteiger partial charge < -0.3 is 4.90 Å². The van der Waals surface area contributed by atoms with Crippen LogP contribution in [0.15, 0.2) is 24.3 Å². The maximum Gasteiger partial charge on any atom is 0.269 e. The van der Waals surface area contributed by atoms with Crippen LogP contribution in [0, 0.1) is 17.0 Å². The van der Waals surface area contributed by atoms with Crippen molar-refractivity contribution in [2.75, 3.05) is 36.8 Å². The molecule has 9 nitrogen and oxygen atoms in total. The van der Waals surface area contributed by atoms with Gasteiger partial charge in [-0.3, -0.25) is 10.1 Å². The molecule has 1 aromatic heterocycles. The smallest absolute Gasteiger partial charge is 0.269 e. The first kappa shape index (κ1) is 24.1. The minimum Gasteiger partial charge on any atom is -0.354 e. The number of piperazine rings is 1. The monoisotopic (exact) mass is 461 g/mol. The lowest BCUT2D eigenvalue weighted by Gasteiger charge is -2.36. The van der Waals surface area contributed by atoms with Gasteiger partial charge in [0.05, 0.1) is 10.7 Å². The molecule has 0 N–H and O–H groups in total. The van der Waals surface area contributed by atoms with E-state index in [1.807, 2.05) is 6.92 Å². The van der Waals surface area contributed by atoms with E-state index in [-0.39, 0.29) is 17.4 Å². The van der Waals surface area contributed by atoms with Crippen molar-refractivity contribution in [2.24, 2.45) is 0 Å². The Hall–Kier alpha value is -2.59.